The van der Waals surface area contributed by atoms with Crippen molar-refractivity contribution in [2.45, 2.75) is 39.8 Å². The highest BCUT2D eigenvalue weighted by Gasteiger charge is 2.26. The van der Waals surface area contributed by atoms with E-state index in [2.05, 4.69) is 5.32 Å². The Morgan fingerprint density at radius 3 is 2.40 bits per heavy atom. The fourth-order valence-corrected chi connectivity index (χ4v) is 2.96. The third-order valence-electron chi connectivity index (χ3n) is 4.72. The van der Waals surface area contributed by atoms with E-state index in [-0.39, 0.29) is 25.0 Å². The van der Waals surface area contributed by atoms with Crippen LogP contribution in [0.5, 0.6) is 11.5 Å². The van der Waals surface area contributed by atoms with Crippen molar-refractivity contribution < 1.29 is 19.1 Å². The van der Waals surface area contributed by atoms with Crippen LogP contribution in [0.4, 0.5) is 0 Å². The lowest BCUT2D eigenvalue weighted by atomic mass is 10.1. The fourth-order valence-electron chi connectivity index (χ4n) is 2.84. The molecule has 0 aliphatic rings. The molecule has 7 heteroatoms. The fraction of sp³-hybridized carbons (Fsp3) is 0.391. The molecule has 6 nitrogen and oxygen atoms in total. The summed E-state index contributed by atoms with van der Waals surface area (Å²) in [6.45, 7) is 6.24. The first-order valence-electron chi connectivity index (χ1n) is 9.94. The molecular formula is C23H29ClN2O4. The van der Waals surface area contributed by atoms with Crippen LogP contribution in [-0.4, -0.2) is 43.0 Å². The monoisotopic (exact) mass is 432 g/mol. The Bertz CT molecular complexity index is 855. The summed E-state index contributed by atoms with van der Waals surface area (Å²) < 4.78 is 10.9. The quantitative estimate of drug-likeness (QED) is 0.616. The largest absolute Gasteiger partial charge is 0.497 e. The molecule has 1 N–H and O–H groups in total. The Morgan fingerprint density at radius 1 is 1.13 bits per heavy atom. The Labute approximate surface area is 183 Å². The van der Waals surface area contributed by atoms with Crippen molar-refractivity contribution in [3.05, 3.63) is 58.6 Å². The van der Waals surface area contributed by atoms with Crippen molar-refractivity contribution in [3.8, 4) is 11.5 Å². The Hall–Kier alpha value is -2.73. The van der Waals surface area contributed by atoms with E-state index >= 15 is 0 Å². The Morgan fingerprint density at radius 2 is 1.80 bits per heavy atom. The third-order valence-corrected chi connectivity index (χ3v) is 5.14. The van der Waals surface area contributed by atoms with Crippen LogP contribution in [0.3, 0.4) is 0 Å². The summed E-state index contributed by atoms with van der Waals surface area (Å²) in [5, 5.41) is 3.49. The maximum atomic E-state index is 13.0. The zero-order valence-electron chi connectivity index (χ0n) is 17.9. The van der Waals surface area contributed by atoms with Gasteiger partial charge >= 0.3 is 0 Å². The van der Waals surface area contributed by atoms with E-state index in [1.54, 1.807) is 32.2 Å². The number of halogens is 1. The van der Waals surface area contributed by atoms with Gasteiger partial charge in [0, 0.05) is 18.1 Å². The molecule has 1 atom stereocenters. The van der Waals surface area contributed by atoms with E-state index in [1.165, 1.54) is 4.90 Å². The molecule has 0 aliphatic heterocycles. The van der Waals surface area contributed by atoms with Crippen LogP contribution in [0.15, 0.2) is 42.5 Å². The third kappa shape index (κ3) is 6.66. The summed E-state index contributed by atoms with van der Waals surface area (Å²) in [6.07, 6.45) is 0.823. The maximum absolute atomic E-state index is 13.0. The van der Waals surface area contributed by atoms with Crippen LogP contribution >= 0.6 is 11.6 Å². The lowest BCUT2D eigenvalue weighted by Gasteiger charge is -2.28. The minimum Gasteiger partial charge on any atom is -0.497 e. The van der Waals surface area contributed by atoms with Gasteiger partial charge in [0.05, 0.1) is 7.11 Å². The maximum Gasteiger partial charge on any atom is 0.261 e. The van der Waals surface area contributed by atoms with Crippen molar-refractivity contribution in [2.75, 3.05) is 20.3 Å². The SMILES string of the molecule is CCCNC(=O)C(C)N(Cc1ccc(OC)cc1)C(=O)COc1ccc(Cl)c(C)c1. The van der Waals surface area contributed by atoms with Gasteiger partial charge in [-0.05, 0) is 61.7 Å². The molecule has 0 bridgehead atoms. The van der Waals surface area contributed by atoms with Gasteiger partial charge in [-0.3, -0.25) is 9.59 Å². The zero-order chi connectivity index (χ0) is 22.1. The van der Waals surface area contributed by atoms with Crippen LogP contribution in [0.25, 0.3) is 0 Å². The molecule has 0 radical (unpaired) electrons. The van der Waals surface area contributed by atoms with Gasteiger partial charge in [0.25, 0.3) is 5.91 Å². The molecule has 0 heterocycles. The first kappa shape index (κ1) is 23.5. The molecule has 2 rings (SSSR count). The molecule has 0 fully saturated rings. The van der Waals surface area contributed by atoms with Crippen LogP contribution < -0.4 is 14.8 Å². The Balaban J connectivity index is 2.13. The van der Waals surface area contributed by atoms with E-state index in [4.69, 9.17) is 21.1 Å². The van der Waals surface area contributed by atoms with Gasteiger partial charge in [0.1, 0.15) is 17.5 Å². The second-order valence-electron chi connectivity index (χ2n) is 7.04. The molecule has 0 aliphatic carbocycles. The number of aryl methyl sites for hydroxylation is 1. The lowest BCUT2D eigenvalue weighted by Crippen LogP contribution is -2.49. The van der Waals surface area contributed by atoms with E-state index in [0.717, 1.165) is 23.3 Å². The average Bonchev–Trinajstić information content (AvgIpc) is 2.76. The molecule has 0 saturated carbocycles. The summed E-state index contributed by atoms with van der Waals surface area (Å²) >= 11 is 6.04. The second kappa shape index (κ2) is 11.5. The highest BCUT2D eigenvalue weighted by atomic mass is 35.5. The van der Waals surface area contributed by atoms with Gasteiger partial charge in [0.15, 0.2) is 6.61 Å². The first-order valence-corrected chi connectivity index (χ1v) is 10.3. The number of hydrogen-bond donors (Lipinski definition) is 1. The molecule has 30 heavy (non-hydrogen) atoms. The topological polar surface area (TPSA) is 67.9 Å². The smallest absolute Gasteiger partial charge is 0.261 e. The molecule has 0 spiro atoms. The summed E-state index contributed by atoms with van der Waals surface area (Å²) in [5.41, 5.74) is 1.76. The van der Waals surface area contributed by atoms with E-state index in [1.807, 2.05) is 38.1 Å². The first-order chi connectivity index (χ1) is 14.3. The number of nitrogens with one attached hydrogen (secondary N) is 1. The summed E-state index contributed by atoms with van der Waals surface area (Å²) in [7, 11) is 1.60. The van der Waals surface area contributed by atoms with Gasteiger partial charge < -0.3 is 19.7 Å². The Kier molecular flexibility index (Phi) is 8.99. The highest BCUT2D eigenvalue weighted by molar-refractivity contribution is 6.31. The molecule has 2 amide bonds. The minimum atomic E-state index is -0.637. The summed E-state index contributed by atoms with van der Waals surface area (Å²) in [6, 6.07) is 12.0. The number of benzene rings is 2. The van der Waals surface area contributed by atoms with E-state index in [9.17, 15) is 9.59 Å². The van der Waals surface area contributed by atoms with Crippen molar-refractivity contribution in [3.63, 3.8) is 0 Å². The van der Waals surface area contributed by atoms with Crippen molar-refractivity contribution in [2.24, 2.45) is 0 Å². The number of rotatable bonds is 10. The number of hydrogen-bond acceptors (Lipinski definition) is 4. The van der Waals surface area contributed by atoms with Gasteiger partial charge in [-0.15, -0.1) is 0 Å². The van der Waals surface area contributed by atoms with Gasteiger partial charge in [-0.1, -0.05) is 30.7 Å². The summed E-state index contributed by atoms with van der Waals surface area (Å²) in [5.74, 6) is 0.808. The van der Waals surface area contributed by atoms with Crippen molar-refractivity contribution in [1.82, 2.24) is 10.2 Å². The average molecular weight is 433 g/mol. The van der Waals surface area contributed by atoms with Gasteiger partial charge in [0.2, 0.25) is 5.91 Å². The van der Waals surface area contributed by atoms with Crippen molar-refractivity contribution >= 4 is 23.4 Å². The van der Waals surface area contributed by atoms with Gasteiger partial charge in [-0.25, -0.2) is 0 Å². The standard InChI is InChI=1S/C23H29ClN2O4/c1-5-12-25-23(28)17(3)26(14-18-6-8-19(29-4)9-7-18)22(27)15-30-20-10-11-21(24)16(2)13-20/h6-11,13,17H,5,12,14-15H2,1-4H3,(H,25,28). The number of carbonyl (C=O) groups is 2. The zero-order valence-corrected chi connectivity index (χ0v) is 18.7. The molecule has 2 aromatic rings. The van der Waals surface area contributed by atoms with Gasteiger partial charge in [-0.2, -0.15) is 0 Å². The molecule has 0 saturated heterocycles. The highest BCUT2D eigenvalue weighted by Crippen LogP contribution is 2.21. The number of ether oxygens (including phenoxy) is 2. The molecule has 1 unspecified atom stereocenters. The van der Waals surface area contributed by atoms with Crippen LogP contribution in [-0.2, 0) is 16.1 Å². The predicted molar refractivity (Wildman–Crippen MR) is 118 cm³/mol. The van der Waals surface area contributed by atoms with E-state index < -0.39 is 6.04 Å². The molecule has 162 valence electrons. The molecule has 2 aromatic carbocycles. The predicted octanol–water partition coefficient (Wildman–Crippen LogP) is 3.98. The second-order valence-corrected chi connectivity index (χ2v) is 7.44. The van der Waals surface area contributed by atoms with Crippen molar-refractivity contribution in [1.29, 1.82) is 0 Å². The number of carbonyl (C=O) groups excluding carboxylic acids is 2. The van der Waals surface area contributed by atoms with Crippen LogP contribution in [0.1, 0.15) is 31.4 Å². The lowest BCUT2D eigenvalue weighted by molar-refractivity contribution is -0.142. The van der Waals surface area contributed by atoms with Crippen LogP contribution in [0.2, 0.25) is 5.02 Å². The number of amides is 2. The number of methoxy groups -OCH3 is 1. The normalized spacial score (nSPS) is 11.5. The van der Waals surface area contributed by atoms with E-state index in [0.29, 0.717) is 17.3 Å². The summed E-state index contributed by atoms with van der Waals surface area (Å²) in [4.78, 5) is 27.0. The minimum absolute atomic E-state index is 0.178. The van der Waals surface area contributed by atoms with Crippen LogP contribution in [0, 0.1) is 6.92 Å². The molecule has 0 aromatic heterocycles. The molecular weight excluding hydrogens is 404 g/mol. The number of nitrogens with zero attached hydrogens (tertiary/aromatic N) is 1.